The minimum atomic E-state index is -0.228. The predicted molar refractivity (Wildman–Crippen MR) is 92.1 cm³/mol. The van der Waals surface area contributed by atoms with Crippen molar-refractivity contribution in [2.24, 2.45) is 7.05 Å². The lowest BCUT2D eigenvalue weighted by Crippen LogP contribution is -2.40. The fourth-order valence-corrected chi connectivity index (χ4v) is 2.85. The molecule has 0 N–H and O–H groups in total. The number of aromatic nitrogens is 2. The van der Waals surface area contributed by atoms with Crippen LogP contribution in [0.3, 0.4) is 0 Å². The number of amides is 1. The number of rotatable bonds is 4. The molecule has 1 aliphatic heterocycles. The van der Waals surface area contributed by atoms with Crippen molar-refractivity contribution in [3.05, 3.63) is 41.7 Å². The summed E-state index contributed by atoms with van der Waals surface area (Å²) in [7, 11) is 3.40. The third kappa shape index (κ3) is 4.11. The molecule has 0 spiro atoms. The summed E-state index contributed by atoms with van der Waals surface area (Å²) >= 11 is 0. The van der Waals surface area contributed by atoms with Gasteiger partial charge < -0.3 is 19.1 Å². The number of benzene rings is 1. The van der Waals surface area contributed by atoms with Crippen molar-refractivity contribution in [2.75, 3.05) is 33.4 Å². The Balaban J connectivity index is 1.69. The molecule has 0 radical (unpaired) electrons. The van der Waals surface area contributed by atoms with Crippen molar-refractivity contribution in [3.8, 4) is 11.5 Å². The Morgan fingerprint density at radius 3 is 2.64 bits per heavy atom. The molecular formula is C18H23N3O4. The molecule has 1 aromatic carbocycles. The molecule has 0 aliphatic carbocycles. The molecule has 134 valence electrons. The number of nitrogens with zero attached hydrogens (tertiary/aromatic N) is 3. The van der Waals surface area contributed by atoms with Crippen LogP contribution in [0, 0.1) is 6.92 Å². The van der Waals surface area contributed by atoms with Crippen molar-refractivity contribution in [1.29, 1.82) is 0 Å². The molecule has 1 amide bonds. The van der Waals surface area contributed by atoms with Gasteiger partial charge in [-0.3, -0.25) is 9.48 Å². The van der Waals surface area contributed by atoms with E-state index in [9.17, 15) is 4.79 Å². The number of carbonyl (C=O) groups excluding carboxylic acids is 1. The summed E-state index contributed by atoms with van der Waals surface area (Å²) in [5, 5.41) is 4.25. The Morgan fingerprint density at radius 1 is 1.28 bits per heavy atom. The molecule has 1 unspecified atom stereocenters. The van der Waals surface area contributed by atoms with E-state index >= 15 is 0 Å². The van der Waals surface area contributed by atoms with Gasteiger partial charge in [-0.15, -0.1) is 0 Å². The van der Waals surface area contributed by atoms with E-state index in [-0.39, 0.29) is 12.0 Å². The second-order valence-corrected chi connectivity index (χ2v) is 6.04. The number of hydrogen-bond acceptors (Lipinski definition) is 5. The zero-order chi connectivity index (χ0) is 17.8. The van der Waals surface area contributed by atoms with E-state index in [4.69, 9.17) is 14.2 Å². The number of aryl methyl sites for hydroxylation is 2. The molecule has 3 rings (SSSR count). The largest absolute Gasteiger partial charge is 0.497 e. The summed E-state index contributed by atoms with van der Waals surface area (Å²) in [4.78, 5) is 14.6. The SMILES string of the molecule is COc1ccc(OC2COCCN(C(=O)c3cc(C)nn3C)C2)cc1. The maximum Gasteiger partial charge on any atom is 0.272 e. The lowest BCUT2D eigenvalue weighted by Gasteiger charge is -2.24. The van der Waals surface area contributed by atoms with Crippen LogP contribution in [-0.2, 0) is 11.8 Å². The Hall–Kier alpha value is -2.54. The Kier molecular flexibility index (Phi) is 5.23. The summed E-state index contributed by atoms with van der Waals surface area (Å²) in [5.74, 6) is 1.44. The van der Waals surface area contributed by atoms with Gasteiger partial charge in [0.15, 0.2) is 0 Å². The standard InChI is InChI=1S/C18H23N3O4/c1-13-10-17(20(2)19-13)18(22)21-8-9-24-12-16(11-21)25-15-6-4-14(23-3)5-7-15/h4-7,10,16H,8-9,11-12H2,1-3H3. The minimum absolute atomic E-state index is 0.0584. The van der Waals surface area contributed by atoms with Gasteiger partial charge in [-0.25, -0.2) is 0 Å². The Morgan fingerprint density at radius 2 is 2.00 bits per heavy atom. The van der Waals surface area contributed by atoms with Crippen LogP contribution in [0.2, 0.25) is 0 Å². The zero-order valence-corrected chi connectivity index (χ0v) is 14.8. The van der Waals surface area contributed by atoms with Crippen LogP contribution in [0.1, 0.15) is 16.2 Å². The average molecular weight is 345 g/mol. The molecule has 2 aromatic rings. The average Bonchev–Trinajstić information content (AvgIpc) is 2.81. The molecule has 0 saturated carbocycles. The second kappa shape index (κ2) is 7.57. The zero-order valence-electron chi connectivity index (χ0n) is 14.8. The van der Waals surface area contributed by atoms with Crippen molar-refractivity contribution in [2.45, 2.75) is 13.0 Å². The molecular weight excluding hydrogens is 322 g/mol. The molecule has 0 bridgehead atoms. The highest BCUT2D eigenvalue weighted by Gasteiger charge is 2.26. The Labute approximate surface area is 147 Å². The van der Waals surface area contributed by atoms with E-state index in [1.54, 1.807) is 29.8 Å². The van der Waals surface area contributed by atoms with Gasteiger partial charge in [0.25, 0.3) is 5.91 Å². The van der Waals surface area contributed by atoms with Crippen LogP contribution >= 0.6 is 0 Å². The van der Waals surface area contributed by atoms with E-state index in [0.717, 1.165) is 17.2 Å². The molecule has 25 heavy (non-hydrogen) atoms. The molecule has 1 fully saturated rings. The van der Waals surface area contributed by atoms with Crippen molar-refractivity contribution in [1.82, 2.24) is 14.7 Å². The third-order valence-corrected chi connectivity index (χ3v) is 4.10. The van der Waals surface area contributed by atoms with Crippen molar-refractivity contribution < 1.29 is 19.0 Å². The molecule has 2 heterocycles. The molecule has 1 aromatic heterocycles. The second-order valence-electron chi connectivity index (χ2n) is 6.04. The summed E-state index contributed by atoms with van der Waals surface area (Å²) in [6.45, 7) is 3.81. The van der Waals surface area contributed by atoms with Crippen LogP contribution in [0.25, 0.3) is 0 Å². The van der Waals surface area contributed by atoms with Gasteiger partial charge in [0.05, 0.1) is 32.6 Å². The number of hydrogen-bond donors (Lipinski definition) is 0. The lowest BCUT2D eigenvalue weighted by molar-refractivity contribution is 0.0645. The third-order valence-electron chi connectivity index (χ3n) is 4.10. The normalized spacial score (nSPS) is 17.9. The first kappa shape index (κ1) is 17.3. The number of ether oxygens (including phenoxy) is 3. The van der Waals surface area contributed by atoms with Gasteiger partial charge >= 0.3 is 0 Å². The highest BCUT2D eigenvalue weighted by molar-refractivity contribution is 5.92. The highest BCUT2D eigenvalue weighted by Crippen LogP contribution is 2.19. The van der Waals surface area contributed by atoms with Crippen LogP contribution < -0.4 is 9.47 Å². The van der Waals surface area contributed by atoms with Gasteiger partial charge in [-0.2, -0.15) is 5.10 Å². The summed E-state index contributed by atoms with van der Waals surface area (Å²) in [5.41, 5.74) is 1.39. The first-order valence-electron chi connectivity index (χ1n) is 8.25. The van der Waals surface area contributed by atoms with Gasteiger partial charge in [0, 0.05) is 13.6 Å². The quantitative estimate of drug-likeness (QED) is 0.843. The highest BCUT2D eigenvalue weighted by atomic mass is 16.5. The van der Waals surface area contributed by atoms with Gasteiger partial charge in [0.1, 0.15) is 23.3 Å². The summed E-state index contributed by atoms with van der Waals surface area (Å²) in [6, 6.07) is 9.18. The van der Waals surface area contributed by atoms with Crippen LogP contribution in [0.4, 0.5) is 0 Å². The fraction of sp³-hybridized carbons (Fsp3) is 0.444. The molecule has 7 heteroatoms. The maximum absolute atomic E-state index is 12.8. The van der Waals surface area contributed by atoms with E-state index < -0.39 is 0 Å². The topological polar surface area (TPSA) is 65.8 Å². The molecule has 1 aliphatic rings. The van der Waals surface area contributed by atoms with Crippen LogP contribution in [-0.4, -0.2) is 60.1 Å². The van der Waals surface area contributed by atoms with Gasteiger partial charge in [-0.05, 0) is 37.3 Å². The molecule has 1 atom stereocenters. The number of methoxy groups -OCH3 is 1. The maximum atomic E-state index is 12.8. The predicted octanol–water partition coefficient (Wildman–Crippen LogP) is 1.66. The Bertz CT molecular complexity index is 726. The van der Waals surface area contributed by atoms with Crippen LogP contribution in [0.15, 0.2) is 30.3 Å². The summed E-state index contributed by atoms with van der Waals surface area (Å²) in [6.07, 6.45) is -0.228. The monoisotopic (exact) mass is 345 g/mol. The van der Waals surface area contributed by atoms with Gasteiger partial charge in [0.2, 0.25) is 0 Å². The lowest BCUT2D eigenvalue weighted by atomic mass is 10.2. The first-order valence-corrected chi connectivity index (χ1v) is 8.25. The molecule has 7 nitrogen and oxygen atoms in total. The van der Waals surface area contributed by atoms with E-state index in [1.165, 1.54) is 0 Å². The minimum Gasteiger partial charge on any atom is -0.497 e. The van der Waals surface area contributed by atoms with Crippen molar-refractivity contribution in [3.63, 3.8) is 0 Å². The smallest absolute Gasteiger partial charge is 0.272 e. The van der Waals surface area contributed by atoms with E-state index in [2.05, 4.69) is 5.10 Å². The van der Waals surface area contributed by atoms with Gasteiger partial charge in [-0.1, -0.05) is 0 Å². The number of carbonyl (C=O) groups is 1. The van der Waals surface area contributed by atoms with E-state index in [0.29, 0.717) is 32.0 Å². The van der Waals surface area contributed by atoms with Crippen LogP contribution in [0.5, 0.6) is 11.5 Å². The van der Waals surface area contributed by atoms with Crippen molar-refractivity contribution >= 4 is 5.91 Å². The first-order chi connectivity index (χ1) is 12.1. The molecule has 1 saturated heterocycles. The van der Waals surface area contributed by atoms with E-state index in [1.807, 2.05) is 31.2 Å². The fourth-order valence-electron chi connectivity index (χ4n) is 2.85. The summed E-state index contributed by atoms with van der Waals surface area (Å²) < 4.78 is 18.4.